The Labute approximate surface area is 86.3 Å². The predicted octanol–water partition coefficient (Wildman–Crippen LogP) is 2.45. The van der Waals surface area contributed by atoms with E-state index in [-0.39, 0.29) is 5.60 Å². The molecule has 0 fully saturated rings. The Bertz CT molecular complexity index is 256. The summed E-state index contributed by atoms with van der Waals surface area (Å²) in [6.45, 7) is 8.10. The first kappa shape index (κ1) is 11.1. The minimum atomic E-state index is -0.155. The fourth-order valence-corrected chi connectivity index (χ4v) is 1.27. The predicted molar refractivity (Wildman–Crippen MR) is 59.7 cm³/mol. The van der Waals surface area contributed by atoms with Gasteiger partial charge < -0.3 is 10.1 Å². The molecule has 0 aliphatic heterocycles. The van der Waals surface area contributed by atoms with E-state index in [0.29, 0.717) is 0 Å². The highest BCUT2D eigenvalue weighted by atomic mass is 16.5. The van der Waals surface area contributed by atoms with Gasteiger partial charge in [0.25, 0.3) is 0 Å². The summed E-state index contributed by atoms with van der Waals surface area (Å²) < 4.78 is 5.84. The zero-order valence-electron chi connectivity index (χ0n) is 9.21. The number of ether oxygens (including phenoxy) is 1. The van der Waals surface area contributed by atoms with Gasteiger partial charge in [-0.05, 0) is 32.5 Å². The highest BCUT2D eigenvalue weighted by Crippen LogP contribution is 2.16. The summed E-state index contributed by atoms with van der Waals surface area (Å²) in [5.41, 5.74) is -0.155. The lowest BCUT2D eigenvalue weighted by Crippen LogP contribution is -2.40. The summed E-state index contributed by atoms with van der Waals surface area (Å²) in [6.07, 6.45) is 0. The lowest BCUT2D eigenvalue weighted by Gasteiger charge is -2.26. The third-order valence-corrected chi connectivity index (χ3v) is 1.94. The van der Waals surface area contributed by atoms with Gasteiger partial charge in [-0.1, -0.05) is 25.1 Å². The van der Waals surface area contributed by atoms with Crippen molar-refractivity contribution in [1.82, 2.24) is 5.32 Å². The molecule has 0 bridgehead atoms. The van der Waals surface area contributed by atoms with Crippen molar-refractivity contribution in [3.05, 3.63) is 30.3 Å². The van der Waals surface area contributed by atoms with Gasteiger partial charge in [-0.15, -0.1) is 0 Å². The van der Waals surface area contributed by atoms with E-state index >= 15 is 0 Å². The molecule has 1 aromatic carbocycles. The Balaban J connectivity index is 2.50. The van der Waals surface area contributed by atoms with Crippen LogP contribution in [0, 0.1) is 0 Å². The summed E-state index contributed by atoms with van der Waals surface area (Å²) in [6, 6.07) is 9.92. The van der Waals surface area contributed by atoms with Crippen molar-refractivity contribution in [2.45, 2.75) is 26.4 Å². The van der Waals surface area contributed by atoms with Gasteiger partial charge in [0.2, 0.25) is 0 Å². The van der Waals surface area contributed by atoms with Crippen molar-refractivity contribution in [2.75, 3.05) is 13.1 Å². The SMILES string of the molecule is CCNCC(C)(C)Oc1ccccc1. The van der Waals surface area contributed by atoms with E-state index in [2.05, 4.69) is 26.1 Å². The number of rotatable bonds is 5. The molecule has 0 saturated carbocycles. The summed E-state index contributed by atoms with van der Waals surface area (Å²) in [5.74, 6) is 0.926. The molecule has 14 heavy (non-hydrogen) atoms. The van der Waals surface area contributed by atoms with Gasteiger partial charge >= 0.3 is 0 Å². The van der Waals surface area contributed by atoms with Gasteiger partial charge in [0, 0.05) is 6.54 Å². The Morgan fingerprint density at radius 1 is 1.21 bits per heavy atom. The third-order valence-electron chi connectivity index (χ3n) is 1.94. The van der Waals surface area contributed by atoms with Crippen molar-refractivity contribution in [3.8, 4) is 5.75 Å². The minimum absolute atomic E-state index is 0.155. The molecule has 78 valence electrons. The fraction of sp³-hybridized carbons (Fsp3) is 0.500. The zero-order chi connectivity index (χ0) is 10.4. The average molecular weight is 193 g/mol. The van der Waals surface area contributed by atoms with Crippen molar-refractivity contribution in [2.24, 2.45) is 0 Å². The molecule has 1 aromatic rings. The summed E-state index contributed by atoms with van der Waals surface area (Å²) in [7, 11) is 0. The van der Waals surface area contributed by atoms with Crippen LogP contribution in [0.1, 0.15) is 20.8 Å². The normalized spacial score (nSPS) is 11.4. The van der Waals surface area contributed by atoms with Crippen molar-refractivity contribution < 1.29 is 4.74 Å². The fourth-order valence-electron chi connectivity index (χ4n) is 1.27. The molecule has 0 aromatic heterocycles. The molecule has 2 nitrogen and oxygen atoms in total. The lowest BCUT2D eigenvalue weighted by atomic mass is 10.1. The first-order valence-corrected chi connectivity index (χ1v) is 5.09. The lowest BCUT2D eigenvalue weighted by molar-refractivity contribution is 0.109. The first-order chi connectivity index (χ1) is 6.64. The standard InChI is InChI=1S/C12H19NO/c1-4-13-10-12(2,3)14-11-8-6-5-7-9-11/h5-9,13H,4,10H2,1-3H3. The molecule has 0 heterocycles. The smallest absolute Gasteiger partial charge is 0.120 e. The van der Waals surface area contributed by atoms with Crippen LogP contribution in [0.3, 0.4) is 0 Å². The quantitative estimate of drug-likeness (QED) is 0.775. The van der Waals surface area contributed by atoms with Gasteiger partial charge in [0.1, 0.15) is 11.4 Å². The van der Waals surface area contributed by atoms with Crippen LogP contribution in [0.25, 0.3) is 0 Å². The maximum absolute atomic E-state index is 5.84. The second kappa shape index (κ2) is 5.01. The van der Waals surface area contributed by atoms with Crippen LogP contribution >= 0.6 is 0 Å². The van der Waals surface area contributed by atoms with E-state index < -0.39 is 0 Å². The van der Waals surface area contributed by atoms with Crippen LogP contribution in [0.4, 0.5) is 0 Å². The van der Waals surface area contributed by atoms with E-state index in [9.17, 15) is 0 Å². The molecule has 0 aliphatic rings. The van der Waals surface area contributed by atoms with Gasteiger partial charge in [-0.3, -0.25) is 0 Å². The van der Waals surface area contributed by atoms with Gasteiger partial charge in [-0.25, -0.2) is 0 Å². The zero-order valence-corrected chi connectivity index (χ0v) is 9.21. The Morgan fingerprint density at radius 3 is 2.43 bits per heavy atom. The van der Waals surface area contributed by atoms with Crippen LogP contribution in [0.15, 0.2) is 30.3 Å². The molecule has 1 N–H and O–H groups in total. The van der Waals surface area contributed by atoms with Crippen LogP contribution in [0.5, 0.6) is 5.75 Å². The van der Waals surface area contributed by atoms with Crippen LogP contribution in [-0.4, -0.2) is 18.7 Å². The Morgan fingerprint density at radius 2 is 1.86 bits per heavy atom. The minimum Gasteiger partial charge on any atom is -0.487 e. The number of nitrogens with one attached hydrogen (secondary N) is 1. The second-order valence-electron chi connectivity index (χ2n) is 3.96. The highest BCUT2D eigenvalue weighted by molar-refractivity contribution is 5.21. The summed E-state index contributed by atoms with van der Waals surface area (Å²) in [5, 5.41) is 3.28. The molecule has 1 rings (SSSR count). The van der Waals surface area contributed by atoms with Crippen molar-refractivity contribution >= 4 is 0 Å². The molecule has 0 spiro atoms. The number of hydrogen-bond acceptors (Lipinski definition) is 2. The molecular weight excluding hydrogens is 174 g/mol. The van der Waals surface area contributed by atoms with Crippen molar-refractivity contribution in [3.63, 3.8) is 0 Å². The van der Waals surface area contributed by atoms with E-state index in [4.69, 9.17) is 4.74 Å². The molecular formula is C12H19NO. The van der Waals surface area contributed by atoms with Gasteiger partial charge in [0.05, 0.1) is 0 Å². The van der Waals surface area contributed by atoms with Gasteiger partial charge in [0.15, 0.2) is 0 Å². The number of likely N-dealkylation sites (N-methyl/N-ethyl adjacent to an activating group) is 1. The van der Waals surface area contributed by atoms with Crippen LogP contribution in [-0.2, 0) is 0 Å². The molecule has 0 saturated heterocycles. The molecule has 0 radical (unpaired) electrons. The molecule has 0 aliphatic carbocycles. The van der Waals surface area contributed by atoms with E-state index in [1.54, 1.807) is 0 Å². The molecule has 0 amide bonds. The summed E-state index contributed by atoms with van der Waals surface area (Å²) >= 11 is 0. The highest BCUT2D eigenvalue weighted by Gasteiger charge is 2.18. The summed E-state index contributed by atoms with van der Waals surface area (Å²) in [4.78, 5) is 0. The first-order valence-electron chi connectivity index (χ1n) is 5.09. The van der Waals surface area contributed by atoms with E-state index in [1.165, 1.54) is 0 Å². The van der Waals surface area contributed by atoms with E-state index in [1.807, 2.05) is 30.3 Å². The monoisotopic (exact) mass is 193 g/mol. The van der Waals surface area contributed by atoms with Crippen molar-refractivity contribution in [1.29, 1.82) is 0 Å². The second-order valence-corrected chi connectivity index (χ2v) is 3.96. The Kier molecular flexibility index (Phi) is 3.96. The third kappa shape index (κ3) is 3.79. The number of benzene rings is 1. The van der Waals surface area contributed by atoms with Gasteiger partial charge in [-0.2, -0.15) is 0 Å². The Hall–Kier alpha value is -1.02. The maximum Gasteiger partial charge on any atom is 0.120 e. The molecule has 0 unspecified atom stereocenters. The van der Waals surface area contributed by atoms with Crippen LogP contribution < -0.4 is 10.1 Å². The maximum atomic E-state index is 5.84. The van der Waals surface area contributed by atoms with Crippen LogP contribution in [0.2, 0.25) is 0 Å². The number of hydrogen-bond donors (Lipinski definition) is 1. The largest absolute Gasteiger partial charge is 0.487 e. The number of para-hydroxylation sites is 1. The van der Waals surface area contributed by atoms with E-state index in [0.717, 1.165) is 18.8 Å². The molecule has 0 atom stereocenters. The molecule has 2 heteroatoms. The average Bonchev–Trinajstić information content (AvgIpc) is 2.16. The topological polar surface area (TPSA) is 21.3 Å².